The summed E-state index contributed by atoms with van der Waals surface area (Å²) in [6.45, 7) is 5.65. The van der Waals surface area contributed by atoms with Gasteiger partial charge in [0.1, 0.15) is 0 Å². The van der Waals surface area contributed by atoms with Crippen LogP contribution in [0.4, 0.5) is 0 Å². The Bertz CT molecular complexity index is 491. The summed E-state index contributed by atoms with van der Waals surface area (Å²) < 4.78 is 6.95. The molecule has 2 aromatic rings. The monoisotopic (exact) mass is 292 g/mol. The summed E-state index contributed by atoms with van der Waals surface area (Å²) in [5, 5.41) is 4.86. The third-order valence-corrected chi connectivity index (χ3v) is 4.55. The first kappa shape index (κ1) is 15.4. The van der Waals surface area contributed by atoms with Gasteiger partial charge in [-0.2, -0.15) is 0 Å². The van der Waals surface area contributed by atoms with Gasteiger partial charge in [0, 0.05) is 28.7 Å². The van der Waals surface area contributed by atoms with Crippen molar-refractivity contribution in [3.8, 4) is 0 Å². The first-order valence-corrected chi connectivity index (χ1v) is 7.93. The smallest absolute Gasteiger partial charge is 0.0593 e. The molecule has 1 aromatic heterocycles. The van der Waals surface area contributed by atoms with Crippen molar-refractivity contribution in [3.63, 3.8) is 0 Å². The van der Waals surface area contributed by atoms with Crippen LogP contribution in [0.15, 0.2) is 30.3 Å². The molecule has 2 rings (SSSR count). The number of thiophene rings is 1. The summed E-state index contributed by atoms with van der Waals surface area (Å²) in [5.74, 6) is 0. The van der Waals surface area contributed by atoms with Crippen molar-refractivity contribution >= 4 is 21.4 Å². The summed E-state index contributed by atoms with van der Waals surface area (Å²) in [5.41, 5.74) is 0. The van der Waals surface area contributed by atoms with Crippen molar-refractivity contribution in [2.75, 3.05) is 40.4 Å². The van der Waals surface area contributed by atoms with Crippen LogP contribution in [0.2, 0.25) is 0 Å². The van der Waals surface area contributed by atoms with Crippen LogP contribution in [0.1, 0.15) is 17.8 Å². The van der Waals surface area contributed by atoms with Gasteiger partial charge in [0.05, 0.1) is 13.2 Å². The molecule has 1 atom stereocenters. The van der Waals surface area contributed by atoms with Crippen molar-refractivity contribution < 1.29 is 4.74 Å². The summed E-state index contributed by atoms with van der Waals surface area (Å²) in [4.78, 5) is 3.52. The lowest BCUT2D eigenvalue weighted by atomic mass is 10.2. The second-order valence-electron chi connectivity index (χ2n) is 5.28. The lowest BCUT2D eigenvalue weighted by Crippen LogP contribution is -2.24. The van der Waals surface area contributed by atoms with E-state index in [4.69, 9.17) is 4.74 Å². The van der Waals surface area contributed by atoms with E-state index in [1.54, 1.807) is 0 Å². The molecule has 0 spiro atoms. The van der Waals surface area contributed by atoms with E-state index in [1.165, 1.54) is 15.0 Å². The Morgan fingerprint density at radius 2 is 2.05 bits per heavy atom. The molecule has 1 unspecified atom stereocenters. The van der Waals surface area contributed by atoms with E-state index in [9.17, 15) is 0 Å². The van der Waals surface area contributed by atoms with E-state index in [2.05, 4.69) is 61.6 Å². The summed E-state index contributed by atoms with van der Waals surface area (Å²) in [6.07, 6.45) is 0. The molecule has 0 bridgehead atoms. The molecule has 110 valence electrons. The quantitative estimate of drug-likeness (QED) is 0.757. The zero-order valence-electron chi connectivity index (χ0n) is 12.6. The predicted molar refractivity (Wildman–Crippen MR) is 87.6 cm³/mol. The molecule has 0 aliphatic carbocycles. The van der Waals surface area contributed by atoms with E-state index in [0.29, 0.717) is 6.04 Å². The number of likely N-dealkylation sites (N-methyl/N-ethyl adjacent to an activating group) is 1. The van der Waals surface area contributed by atoms with Crippen molar-refractivity contribution in [2.45, 2.75) is 13.0 Å². The van der Waals surface area contributed by atoms with Gasteiger partial charge in [-0.25, -0.2) is 0 Å². The fourth-order valence-corrected chi connectivity index (χ4v) is 3.10. The molecule has 0 saturated heterocycles. The van der Waals surface area contributed by atoms with Crippen LogP contribution in [0.25, 0.3) is 10.1 Å². The maximum Gasteiger partial charge on any atom is 0.0593 e. The van der Waals surface area contributed by atoms with Gasteiger partial charge in [-0.3, -0.25) is 0 Å². The topological polar surface area (TPSA) is 24.5 Å². The second-order valence-corrected chi connectivity index (χ2v) is 6.39. The van der Waals surface area contributed by atoms with Gasteiger partial charge >= 0.3 is 0 Å². The molecule has 3 nitrogen and oxygen atoms in total. The largest absolute Gasteiger partial charge is 0.379 e. The van der Waals surface area contributed by atoms with Crippen LogP contribution in [0, 0.1) is 0 Å². The Hall–Kier alpha value is -0.940. The number of benzene rings is 1. The van der Waals surface area contributed by atoms with E-state index >= 15 is 0 Å². The molecule has 20 heavy (non-hydrogen) atoms. The highest BCUT2D eigenvalue weighted by molar-refractivity contribution is 7.19. The second kappa shape index (κ2) is 7.74. The number of rotatable bonds is 8. The standard InChI is InChI=1S/C16H24N2OS/c1-13(17-8-10-19-11-9-18(2)3)16-12-14-6-4-5-7-15(14)20-16/h4-7,12-13,17H,8-11H2,1-3H3. The van der Waals surface area contributed by atoms with Crippen molar-refractivity contribution in [2.24, 2.45) is 0 Å². The van der Waals surface area contributed by atoms with Gasteiger partial charge in [0.15, 0.2) is 0 Å². The van der Waals surface area contributed by atoms with Crippen LogP contribution in [0.3, 0.4) is 0 Å². The number of hydrogen-bond acceptors (Lipinski definition) is 4. The number of nitrogens with zero attached hydrogens (tertiary/aromatic N) is 1. The maximum atomic E-state index is 5.59. The third-order valence-electron chi connectivity index (χ3n) is 3.25. The molecular formula is C16H24N2OS. The first-order valence-electron chi connectivity index (χ1n) is 7.11. The lowest BCUT2D eigenvalue weighted by Gasteiger charge is -2.13. The van der Waals surface area contributed by atoms with Crippen LogP contribution >= 0.6 is 11.3 Å². The molecule has 0 radical (unpaired) electrons. The summed E-state index contributed by atoms with van der Waals surface area (Å²) in [7, 11) is 4.12. The highest BCUT2D eigenvalue weighted by Gasteiger charge is 2.08. The maximum absolute atomic E-state index is 5.59. The number of nitrogens with one attached hydrogen (secondary N) is 1. The molecule has 0 fully saturated rings. The number of fused-ring (bicyclic) bond motifs is 1. The molecule has 0 amide bonds. The minimum atomic E-state index is 0.379. The van der Waals surface area contributed by atoms with Gasteiger partial charge in [-0.1, -0.05) is 18.2 Å². The number of hydrogen-bond donors (Lipinski definition) is 1. The van der Waals surface area contributed by atoms with Gasteiger partial charge < -0.3 is 15.0 Å². The Balaban J connectivity index is 1.73. The SMILES string of the molecule is CC(NCCOCCN(C)C)c1cc2ccccc2s1. The molecule has 1 N–H and O–H groups in total. The summed E-state index contributed by atoms with van der Waals surface area (Å²) >= 11 is 1.87. The highest BCUT2D eigenvalue weighted by Crippen LogP contribution is 2.29. The first-order chi connectivity index (χ1) is 9.66. The zero-order chi connectivity index (χ0) is 14.4. The van der Waals surface area contributed by atoms with Crippen molar-refractivity contribution in [3.05, 3.63) is 35.2 Å². The van der Waals surface area contributed by atoms with Gasteiger partial charge in [-0.15, -0.1) is 11.3 Å². The van der Waals surface area contributed by atoms with E-state index in [-0.39, 0.29) is 0 Å². The van der Waals surface area contributed by atoms with Crippen molar-refractivity contribution in [1.29, 1.82) is 0 Å². The Morgan fingerprint density at radius 1 is 1.25 bits per heavy atom. The molecule has 0 saturated carbocycles. The zero-order valence-corrected chi connectivity index (χ0v) is 13.4. The molecule has 0 aliphatic rings. The van der Waals surface area contributed by atoms with E-state index in [0.717, 1.165) is 26.3 Å². The highest BCUT2D eigenvalue weighted by atomic mass is 32.1. The van der Waals surface area contributed by atoms with Crippen LogP contribution < -0.4 is 5.32 Å². The minimum absolute atomic E-state index is 0.379. The number of ether oxygens (including phenoxy) is 1. The molecule has 1 aromatic carbocycles. The summed E-state index contributed by atoms with van der Waals surface area (Å²) in [6, 6.07) is 11.2. The molecule has 0 aliphatic heterocycles. The Labute approximate surface area is 125 Å². The molecule has 4 heteroatoms. The fourth-order valence-electron chi connectivity index (χ4n) is 2.01. The fraction of sp³-hybridized carbons (Fsp3) is 0.500. The average molecular weight is 292 g/mol. The van der Waals surface area contributed by atoms with E-state index in [1.807, 2.05) is 11.3 Å². The van der Waals surface area contributed by atoms with E-state index < -0.39 is 0 Å². The minimum Gasteiger partial charge on any atom is -0.379 e. The molecular weight excluding hydrogens is 268 g/mol. The lowest BCUT2D eigenvalue weighted by molar-refractivity contribution is 0.118. The normalized spacial score (nSPS) is 13.2. The predicted octanol–water partition coefficient (Wildman–Crippen LogP) is 3.13. The van der Waals surface area contributed by atoms with Gasteiger partial charge in [-0.05, 0) is 38.5 Å². The van der Waals surface area contributed by atoms with Crippen molar-refractivity contribution in [1.82, 2.24) is 10.2 Å². The Morgan fingerprint density at radius 3 is 2.80 bits per heavy atom. The van der Waals surface area contributed by atoms with Crippen LogP contribution in [-0.2, 0) is 4.74 Å². The molecule has 1 heterocycles. The van der Waals surface area contributed by atoms with Crippen LogP contribution in [0.5, 0.6) is 0 Å². The van der Waals surface area contributed by atoms with Gasteiger partial charge in [0.2, 0.25) is 0 Å². The average Bonchev–Trinajstić information content (AvgIpc) is 2.86. The van der Waals surface area contributed by atoms with Crippen LogP contribution in [-0.4, -0.2) is 45.3 Å². The van der Waals surface area contributed by atoms with Gasteiger partial charge in [0.25, 0.3) is 0 Å². The third kappa shape index (κ3) is 4.56. The Kier molecular flexibility index (Phi) is 5.98.